The number of carboxylic acids is 1. The van der Waals surface area contributed by atoms with Crippen LogP contribution in [0.1, 0.15) is 17.4 Å². The van der Waals surface area contributed by atoms with Crippen molar-refractivity contribution in [3.63, 3.8) is 0 Å². The van der Waals surface area contributed by atoms with Gasteiger partial charge in [-0.3, -0.25) is 0 Å². The summed E-state index contributed by atoms with van der Waals surface area (Å²) in [7, 11) is 0. The minimum absolute atomic E-state index is 0.124. The highest BCUT2D eigenvalue weighted by Crippen LogP contribution is 2.34. The van der Waals surface area contributed by atoms with Gasteiger partial charge in [0.1, 0.15) is 11.4 Å². The van der Waals surface area contributed by atoms with E-state index < -0.39 is 11.6 Å². The molecule has 5 nitrogen and oxygen atoms in total. The lowest BCUT2D eigenvalue weighted by atomic mass is 9.98. The lowest BCUT2D eigenvalue weighted by Gasteiger charge is -2.43. The van der Waals surface area contributed by atoms with Gasteiger partial charge in [-0.2, -0.15) is 0 Å². The molecule has 3 rings (SSSR count). The second-order valence-electron chi connectivity index (χ2n) is 5.37. The fourth-order valence-electron chi connectivity index (χ4n) is 2.41. The van der Waals surface area contributed by atoms with Gasteiger partial charge in [0.15, 0.2) is 11.5 Å². The van der Waals surface area contributed by atoms with E-state index in [1.165, 1.54) is 13.1 Å². The minimum Gasteiger partial charge on any atom is -0.476 e. The molecular formula is C15H14FN3O2. The maximum Gasteiger partial charge on any atom is 0.356 e. The van der Waals surface area contributed by atoms with Crippen LogP contribution in [0, 0.1) is 0 Å². The van der Waals surface area contributed by atoms with Gasteiger partial charge in [0.05, 0.1) is 19.3 Å². The van der Waals surface area contributed by atoms with Crippen molar-refractivity contribution < 1.29 is 14.3 Å². The molecule has 1 N–H and O–H groups in total. The lowest BCUT2D eigenvalue weighted by molar-refractivity contribution is 0.0690. The fraction of sp³-hybridized carbons (Fsp3) is 0.267. The van der Waals surface area contributed by atoms with E-state index in [1.807, 2.05) is 30.3 Å². The smallest absolute Gasteiger partial charge is 0.356 e. The van der Waals surface area contributed by atoms with Gasteiger partial charge in [0.2, 0.25) is 0 Å². The summed E-state index contributed by atoms with van der Waals surface area (Å²) in [6, 6.07) is 9.19. The van der Waals surface area contributed by atoms with Crippen LogP contribution < -0.4 is 4.90 Å². The largest absolute Gasteiger partial charge is 0.476 e. The Bertz CT molecular complexity index is 681. The first-order chi connectivity index (χ1) is 9.96. The molecule has 1 aromatic heterocycles. The van der Waals surface area contributed by atoms with E-state index in [4.69, 9.17) is 5.11 Å². The van der Waals surface area contributed by atoms with Gasteiger partial charge in [0.25, 0.3) is 0 Å². The van der Waals surface area contributed by atoms with E-state index in [-0.39, 0.29) is 18.8 Å². The molecule has 6 heteroatoms. The molecule has 0 aliphatic carbocycles. The zero-order chi connectivity index (χ0) is 15.0. The molecule has 2 aromatic rings. The van der Waals surface area contributed by atoms with Crippen molar-refractivity contribution in [3.8, 4) is 11.3 Å². The molecule has 1 aliphatic heterocycles. The number of hydrogen-bond donors (Lipinski definition) is 1. The summed E-state index contributed by atoms with van der Waals surface area (Å²) in [5, 5.41) is 9.06. The Labute approximate surface area is 121 Å². The SMILES string of the molecule is CC1(F)CN(c2ncc(C(=O)O)nc2-c2ccccc2)C1. The Kier molecular flexibility index (Phi) is 3.08. The van der Waals surface area contributed by atoms with E-state index in [1.54, 1.807) is 4.90 Å². The number of anilines is 1. The molecule has 0 saturated carbocycles. The van der Waals surface area contributed by atoms with Crippen LogP contribution in [-0.2, 0) is 0 Å². The Morgan fingerprint density at radius 1 is 1.33 bits per heavy atom. The molecule has 1 aliphatic rings. The van der Waals surface area contributed by atoms with E-state index in [9.17, 15) is 9.18 Å². The Hall–Kier alpha value is -2.50. The third-order valence-electron chi connectivity index (χ3n) is 3.36. The van der Waals surface area contributed by atoms with Gasteiger partial charge >= 0.3 is 5.97 Å². The number of nitrogens with zero attached hydrogens (tertiary/aromatic N) is 3. The maximum atomic E-state index is 13.7. The zero-order valence-electron chi connectivity index (χ0n) is 11.5. The number of carbonyl (C=O) groups is 1. The number of rotatable bonds is 3. The van der Waals surface area contributed by atoms with Crippen molar-refractivity contribution in [2.24, 2.45) is 0 Å². The minimum atomic E-state index is -1.24. The predicted octanol–water partition coefficient (Wildman–Crippen LogP) is 2.39. The normalized spacial score (nSPS) is 16.4. The lowest BCUT2D eigenvalue weighted by Crippen LogP contribution is -2.57. The molecule has 1 saturated heterocycles. The first-order valence-corrected chi connectivity index (χ1v) is 6.56. The van der Waals surface area contributed by atoms with Crippen molar-refractivity contribution in [2.45, 2.75) is 12.6 Å². The second-order valence-corrected chi connectivity index (χ2v) is 5.37. The monoisotopic (exact) mass is 287 g/mol. The number of aromatic carboxylic acids is 1. The molecule has 0 amide bonds. The van der Waals surface area contributed by atoms with Crippen LogP contribution in [0.15, 0.2) is 36.5 Å². The number of alkyl halides is 1. The summed E-state index contributed by atoms with van der Waals surface area (Å²) in [5.74, 6) is -0.619. The number of halogens is 1. The van der Waals surface area contributed by atoms with Gasteiger partial charge in [0, 0.05) is 5.56 Å². The van der Waals surface area contributed by atoms with Gasteiger partial charge in [-0.05, 0) is 6.92 Å². The topological polar surface area (TPSA) is 66.3 Å². The molecule has 1 fully saturated rings. The Morgan fingerprint density at radius 2 is 2.00 bits per heavy atom. The second kappa shape index (κ2) is 4.80. The van der Waals surface area contributed by atoms with Crippen LogP contribution in [0.25, 0.3) is 11.3 Å². The van der Waals surface area contributed by atoms with Crippen LogP contribution in [0.2, 0.25) is 0 Å². The van der Waals surface area contributed by atoms with E-state index in [2.05, 4.69) is 9.97 Å². The molecule has 21 heavy (non-hydrogen) atoms. The van der Waals surface area contributed by atoms with E-state index in [0.717, 1.165) is 5.56 Å². The summed E-state index contributed by atoms with van der Waals surface area (Å²) in [4.78, 5) is 21.2. The van der Waals surface area contributed by atoms with Crippen molar-refractivity contribution in [2.75, 3.05) is 18.0 Å². The molecule has 0 unspecified atom stereocenters. The fourth-order valence-corrected chi connectivity index (χ4v) is 2.41. The van der Waals surface area contributed by atoms with Gasteiger partial charge in [-0.15, -0.1) is 0 Å². The quantitative estimate of drug-likeness (QED) is 0.939. The van der Waals surface area contributed by atoms with E-state index in [0.29, 0.717) is 11.5 Å². The Morgan fingerprint density at radius 3 is 2.57 bits per heavy atom. The van der Waals surface area contributed by atoms with Gasteiger partial charge in [-0.1, -0.05) is 30.3 Å². The summed E-state index contributed by atoms with van der Waals surface area (Å²) in [5.41, 5.74) is -0.135. The van der Waals surface area contributed by atoms with Crippen molar-refractivity contribution in [1.82, 2.24) is 9.97 Å². The maximum absolute atomic E-state index is 13.7. The van der Waals surface area contributed by atoms with Crippen LogP contribution >= 0.6 is 0 Å². The Balaban J connectivity index is 2.06. The van der Waals surface area contributed by atoms with Gasteiger partial charge < -0.3 is 10.0 Å². The van der Waals surface area contributed by atoms with Crippen LogP contribution in [-0.4, -0.2) is 39.8 Å². The summed E-state index contributed by atoms with van der Waals surface area (Å²) in [6.45, 7) is 1.99. The molecule has 0 bridgehead atoms. The average Bonchev–Trinajstić information content (AvgIpc) is 2.45. The highest BCUT2D eigenvalue weighted by molar-refractivity contribution is 5.87. The van der Waals surface area contributed by atoms with Crippen molar-refractivity contribution in [3.05, 3.63) is 42.2 Å². The number of benzene rings is 1. The third-order valence-corrected chi connectivity index (χ3v) is 3.36. The predicted molar refractivity (Wildman–Crippen MR) is 76.2 cm³/mol. The third kappa shape index (κ3) is 2.56. The average molecular weight is 287 g/mol. The highest BCUT2D eigenvalue weighted by atomic mass is 19.1. The number of carboxylic acid groups (broad SMARTS) is 1. The standard InChI is InChI=1S/C15H14FN3O2/c1-15(16)8-19(9-15)13-12(10-5-3-2-4-6-10)18-11(7-17-13)14(20)21/h2-7H,8-9H2,1H3,(H,20,21). The molecule has 108 valence electrons. The van der Waals surface area contributed by atoms with Crippen LogP contribution in [0.5, 0.6) is 0 Å². The van der Waals surface area contributed by atoms with E-state index >= 15 is 0 Å². The summed E-state index contributed by atoms with van der Waals surface area (Å²) < 4.78 is 13.7. The molecular weight excluding hydrogens is 273 g/mol. The zero-order valence-corrected chi connectivity index (χ0v) is 11.5. The number of hydrogen-bond acceptors (Lipinski definition) is 4. The summed E-state index contributed by atoms with van der Waals surface area (Å²) >= 11 is 0. The van der Waals surface area contributed by atoms with Crippen molar-refractivity contribution in [1.29, 1.82) is 0 Å². The summed E-state index contributed by atoms with van der Waals surface area (Å²) in [6.07, 6.45) is 1.21. The van der Waals surface area contributed by atoms with Crippen LogP contribution in [0.3, 0.4) is 0 Å². The highest BCUT2D eigenvalue weighted by Gasteiger charge is 2.40. The van der Waals surface area contributed by atoms with Crippen LogP contribution in [0.4, 0.5) is 10.2 Å². The molecule has 2 heterocycles. The molecule has 1 aromatic carbocycles. The van der Waals surface area contributed by atoms with Crippen molar-refractivity contribution >= 4 is 11.8 Å². The molecule has 0 spiro atoms. The first-order valence-electron chi connectivity index (χ1n) is 6.56. The first kappa shape index (κ1) is 13.5. The molecule has 0 atom stereocenters. The number of aromatic nitrogens is 2. The van der Waals surface area contributed by atoms with Gasteiger partial charge in [-0.25, -0.2) is 19.2 Å². The molecule has 0 radical (unpaired) electrons.